The van der Waals surface area contributed by atoms with Gasteiger partial charge in [-0.05, 0) is 61.7 Å². The van der Waals surface area contributed by atoms with E-state index < -0.39 is 0 Å². The second-order valence-electron chi connectivity index (χ2n) is 9.32. The first-order chi connectivity index (χ1) is 17.7. The summed E-state index contributed by atoms with van der Waals surface area (Å²) in [5.74, 6) is 1.22. The van der Waals surface area contributed by atoms with Crippen LogP contribution in [0.15, 0.2) is 71.7 Å². The van der Waals surface area contributed by atoms with E-state index in [1.807, 2.05) is 18.2 Å². The third-order valence-electron chi connectivity index (χ3n) is 6.88. The van der Waals surface area contributed by atoms with Crippen LogP contribution in [-0.2, 0) is 19.6 Å². The van der Waals surface area contributed by atoms with Gasteiger partial charge in [0.15, 0.2) is 0 Å². The molecule has 7 nitrogen and oxygen atoms in total. The van der Waals surface area contributed by atoms with Crippen LogP contribution in [0.25, 0.3) is 10.9 Å². The van der Waals surface area contributed by atoms with Crippen LogP contribution >= 0.6 is 0 Å². The highest BCUT2D eigenvalue weighted by molar-refractivity contribution is 5.79. The van der Waals surface area contributed by atoms with E-state index in [9.17, 15) is 4.79 Å². The molecule has 1 atom stereocenters. The van der Waals surface area contributed by atoms with Crippen molar-refractivity contribution in [1.82, 2.24) is 25.2 Å². The van der Waals surface area contributed by atoms with Gasteiger partial charge in [0.1, 0.15) is 23.7 Å². The molecule has 5 rings (SSSR count). The van der Waals surface area contributed by atoms with E-state index in [-0.39, 0.29) is 12.2 Å². The number of hydrogen-bond acceptors (Lipinski definition) is 6. The number of rotatable bonds is 10. The molecular weight excluding hydrogens is 450 g/mol. The minimum atomic E-state index is -0.173. The van der Waals surface area contributed by atoms with E-state index in [2.05, 4.69) is 63.5 Å². The van der Waals surface area contributed by atoms with Gasteiger partial charge >= 0.3 is 0 Å². The van der Waals surface area contributed by atoms with E-state index in [1.54, 1.807) is 12.3 Å². The minimum Gasteiger partial charge on any atom is -0.486 e. The van der Waals surface area contributed by atoms with Gasteiger partial charge in [0.05, 0.1) is 11.1 Å². The molecule has 1 aliphatic rings. The quantitative estimate of drug-likeness (QED) is 0.354. The van der Waals surface area contributed by atoms with Gasteiger partial charge in [0.25, 0.3) is 5.56 Å². The zero-order valence-corrected chi connectivity index (χ0v) is 20.7. The zero-order chi connectivity index (χ0) is 24.7. The Balaban J connectivity index is 1.24. The van der Waals surface area contributed by atoms with Gasteiger partial charge in [0.2, 0.25) is 0 Å². The number of benzene rings is 2. The van der Waals surface area contributed by atoms with Crippen molar-refractivity contribution in [3.05, 3.63) is 99.9 Å². The second-order valence-corrected chi connectivity index (χ2v) is 9.32. The molecule has 2 aromatic heterocycles. The summed E-state index contributed by atoms with van der Waals surface area (Å²) in [6.45, 7) is 6.12. The van der Waals surface area contributed by atoms with Crippen LogP contribution in [0.3, 0.4) is 0 Å². The first-order valence-electron chi connectivity index (χ1n) is 12.8. The number of ether oxygens (including phenoxy) is 1. The Hall–Kier alpha value is -3.55. The van der Waals surface area contributed by atoms with Crippen molar-refractivity contribution in [2.24, 2.45) is 0 Å². The van der Waals surface area contributed by atoms with E-state index >= 15 is 0 Å². The fourth-order valence-corrected chi connectivity index (χ4v) is 4.95. The predicted octanol–water partition coefficient (Wildman–Crippen LogP) is 4.06. The van der Waals surface area contributed by atoms with Gasteiger partial charge in [-0.1, -0.05) is 49.4 Å². The van der Waals surface area contributed by atoms with Crippen LogP contribution in [0.4, 0.5) is 0 Å². The molecule has 0 saturated carbocycles. The number of nitrogens with zero attached hydrogens (tertiary/aromatic N) is 3. The Morgan fingerprint density at radius 3 is 2.69 bits per heavy atom. The molecule has 4 aromatic rings. The molecule has 2 N–H and O–H groups in total. The molecule has 3 heterocycles. The third kappa shape index (κ3) is 5.80. The van der Waals surface area contributed by atoms with Gasteiger partial charge in [0, 0.05) is 25.3 Å². The molecule has 0 bridgehead atoms. The molecule has 36 heavy (non-hydrogen) atoms. The van der Waals surface area contributed by atoms with Gasteiger partial charge in [-0.25, -0.2) is 4.98 Å². The van der Waals surface area contributed by atoms with Crippen molar-refractivity contribution in [1.29, 1.82) is 0 Å². The molecule has 0 amide bonds. The number of H-pyrrole nitrogens is 1. The maximum Gasteiger partial charge on any atom is 0.258 e. The van der Waals surface area contributed by atoms with E-state index in [1.165, 1.54) is 30.5 Å². The van der Waals surface area contributed by atoms with Gasteiger partial charge in [-0.2, -0.15) is 0 Å². The van der Waals surface area contributed by atoms with Crippen molar-refractivity contribution in [3.63, 3.8) is 0 Å². The van der Waals surface area contributed by atoms with E-state index in [4.69, 9.17) is 9.72 Å². The molecule has 0 unspecified atom stereocenters. The highest BCUT2D eigenvalue weighted by Gasteiger charge is 2.22. The lowest BCUT2D eigenvalue weighted by Crippen LogP contribution is -2.37. The number of likely N-dealkylation sites (tertiary alicyclic amines) is 1. The minimum absolute atomic E-state index is 0.173. The predicted molar refractivity (Wildman–Crippen MR) is 142 cm³/mol. The van der Waals surface area contributed by atoms with Crippen LogP contribution < -0.4 is 15.6 Å². The average molecular weight is 484 g/mol. The Labute approximate surface area is 211 Å². The molecule has 0 aliphatic carbocycles. The Morgan fingerprint density at radius 1 is 1.08 bits per heavy atom. The lowest BCUT2D eigenvalue weighted by Gasteiger charge is -2.22. The molecule has 186 valence electrons. The van der Waals surface area contributed by atoms with Crippen molar-refractivity contribution in [2.45, 2.75) is 45.4 Å². The smallest absolute Gasteiger partial charge is 0.258 e. The van der Waals surface area contributed by atoms with E-state index in [0.717, 1.165) is 31.0 Å². The SMILES string of the molecule is CCN1CCC[C@@H]1CNCc1nccc2c(=O)[nH]c(COc3ccc(Cc4ccccc4)cc3)nc12. The largest absolute Gasteiger partial charge is 0.486 e. The molecule has 1 fully saturated rings. The number of aromatic amines is 1. The van der Waals surface area contributed by atoms with Crippen molar-refractivity contribution < 1.29 is 4.74 Å². The Morgan fingerprint density at radius 2 is 1.89 bits per heavy atom. The number of hydrogen-bond donors (Lipinski definition) is 2. The number of aromatic nitrogens is 3. The highest BCUT2D eigenvalue weighted by Crippen LogP contribution is 2.18. The molecule has 0 spiro atoms. The summed E-state index contributed by atoms with van der Waals surface area (Å²) in [5.41, 5.74) is 3.73. The second kappa shape index (κ2) is 11.5. The molecule has 1 saturated heterocycles. The third-order valence-corrected chi connectivity index (χ3v) is 6.88. The molecule has 2 aromatic carbocycles. The lowest BCUT2D eigenvalue weighted by molar-refractivity contribution is 0.259. The lowest BCUT2D eigenvalue weighted by atomic mass is 10.1. The monoisotopic (exact) mass is 483 g/mol. The Bertz CT molecular complexity index is 1340. The molecular formula is C29H33N5O2. The summed E-state index contributed by atoms with van der Waals surface area (Å²) < 4.78 is 5.94. The van der Waals surface area contributed by atoms with Crippen LogP contribution in [-0.4, -0.2) is 45.5 Å². The van der Waals surface area contributed by atoms with E-state index in [0.29, 0.717) is 29.3 Å². The average Bonchev–Trinajstić information content (AvgIpc) is 3.37. The Kier molecular flexibility index (Phi) is 7.69. The van der Waals surface area contributed by atoms with Crippen LogP contribution in [0.1, 0.15) is 42.4 Å². The van der Waals surface area contributed by atoms with Crippen LogP contribution in [0.2, 0.25) is 0 Å². The molecule has 1 aliphatic heterocycles. The van der Waals surface area contributed by atoms with Gasteiger partial charge in [-0.15, -0.1) is 0 Å². The van der Waals surface area contributed by atoms with Crippen molar-refractivity contribution in [2.75, 3.05) is 19.6 Å². The van der Waals surface area contributed by atoms with Crippen molar-refractivity contribution >= 4 is 10.9 Å². The first kappa shape index (κ1) is 24.2. The maximum atomic E-state index is 12.7. The number of likely N-dealkylation sites (N-methyl/N-ethyl adjacent to an activating group) is 1. The summed E-state index contributed by atoms with van der Waals surface area (Å²) in [6, 6.07) is 20.7. The fourth-order valence-electron chi connectivity index (χ4n) is 4.95. The summed E-state index contributed by atoms with van der Waals surface area (Å²) in [6.07, 6.45) is 5.03. The zero-order valence-electron chi connectivity index (χ0n) is 20.7. The first-order valence-corrected chi connectivity index (χ1v) is 12.8. The van der Waals surface area contributed by atoms with Crippen LogP contribution in [0, 0.1) is 0 Å². The topological polar surface area (TPSA) is 83.1 Å². The number of fused-ring (bicyclic) bond motifs is 1. The number of nitrogens with one attached hydrogen (secondary N) is 2. The summed E-state index contributed by atoms with van der Waals surface area (Å²) in [5, 5.41) is 4.08. The standard InChI is InChI=1S/C29H33N5O2/c1-2-34-16-6-9-23(34)18-30-19-26-28-25(14-15-31-26)29(35)33-27(32-28)20-36-24-12-10-22(11-13-24)17-21-7-4-3-5-8-21/h3-5,7-8,10-15,23,30H,2,6,9,16-20H2,1H3,(H,32,33,35)/t23-/m1/s1. The molecule has 0 radical (unpaired) electrons. The normalized spacial score (nSPS) is 16.0. The van der Waals surface area contributed by atoms with Gasteiger partial charge in [-0.3, -0.25) is 14.7 Å². The van der Waals surface area contributed by atoms with Crippen LogP contribution in [0.5, 0.6) is 5.75 Å². The fraction of sp³-hybridized carbons (Fsp3) is 0.345. The number of pyridine rings is 1. The van der Waals surface area contributed by atoms with Gasteiger partial charge < -0.3 is 15.0 Å². The summed E-state index contributed by atoms with van der Waals surface area (Å²) >= 11 is 0. The maximum absolute atomic E-state index is 12.7. The van der Waals surface area contributed by atoms with Crippen molar-refractivity contribution in [3.8, 4) is 5.75 Å². The summed E-state index contributed by atoms with van der Waals surface area (Å²) in [7, 11) is 0. The highest BCUT2D eigenvalue weighted by atomic mass is 16.5. The molecule has 7 heteroatoms. The summed E-state index contributed by atoms with van der Waals surface area (Å²) in [4.78, 5) is 27.3.